The number of aliphatic imine (C=N–C) groups is 1. The average molecular weight is 530 g/mol. The van der Waals surface area contributed by atoms with E-state index >= 15 is 0 Å². The monoisotopic (exact) mass is 529 g/mol. The van der Waals surface area contributed by atoms with Crippen LogP contribution in [0.4, 0.5) is 0 Å². The van der Waals surface area contributed by atoms with Crippen molar-refractivity contribution in [3.05, 3.63) is 11.6 Å². The molecular weight excluding hydrogens is 489 g/mol. The first-order chi connectivity index (χ1) is 14.2. The van der Waals surface area contributed by atoms with Gasteiger partial charge in [0.15, 0.2) is 11.8 Å². The van der Waals surface area contributed by atoms with Crippen molar-refractivity contribution < 1.29 is 0 Å². The second-order valence-electron chi connectivity index (χ2n) is 9.28. The molecule has 0 amide bonds. The van der Waals surface area contributed by atoms with Crippen LogP contribution in [0, 0.1) is 6.92 Å². The van der Waals surface area contributed by atoms with E-state index in [9.17, 15) is 0 Å². The fourth-order valence-electron chi connectivity index (χ4n) is 5.23. The van der Waals surface area contributed by atoms with E-state index in [0.717, 1.165) is 30.2 Å². The van der Waals surface area contributed by atoms with Gasteiger partial charge in [-0.15, -0.1) is 34.2 Å². The van der Waals surface area contributed by atoms with Gasteiger partial charge in [-0.25, -0.2) is 4.99 Å². The van der Waals surface area contributed by atoms with Crippen LogP contribution in [-0.2, 0) is 13.6 Å². The zero-order valence-electron chi connectivity index (χ0n) is 18.8. The van der Waals surface area contributed by atoms with Crippen LogP contribution >= 0.6 is 24.0 Å². The van der Waals surface area contributed by atoms with Crippen LogP contribution in [0.5, 0.6) is 0 Å². The fraction of sp³-hybridized carbons (Fsp3) is 0.864. The molecule has 1 atom stereocenters. The van der Waals surface area contributed by atoms with Crippen molar-refractivity contribution in [3.63, 3.8) is 0 Å². The first-order valence-electron chi connectivity index (χ1n) is 11.9. The predicted octanol–water partition coefficient (Wildman–Crippen LogP) is 3.52. The summed E-state index contributed by atoms with van der Waals surface area (Å²) < 4.78 is 2.03. The second-order valence-corrected chi connectivity index (χ2v) is 9.28. The molecule has 0 radical (unpaired) electrons. The minimum absolute atomic E-state index is 0. The molecule has 1 saturated heterocycles. The van der Waals surface area contributed by atoms with E-state index in [1.54, 1.807) is 0 Å². The van der Waals surface area contributed by atoms with Gasteiger partial charge in [-0.2, -0.15) is 0 Å². The fourth-order valence-corrected chi connectivity index (χ4v) is 5.23. The molecule has 4 rings (SSSR count). The van der Waals surface area contributed by atoms with Gasteiger partial charge in [0, 0.05) is 31.7 Å². The molecule has 7 nitrogen and oxygen atoms in total. The Bertz CT molecular complexity index is 677. The first kappa shape index (κ1) is 23.8. The van der Waals surface area contributed by atoms with E-state index in [4.69, 9.17) is 4.99 Å². The van der Waals surface area contributed by atoms with Gasteiger partial charge in [0.25, 0.3) is 0 Å². The Morgan fingerprint density at radius 1 is 0.933 bits per heavy atom. The highest BCUT2D eigenvalue weighted by atomic mass is 127. The molecule has 3 fully saturated rings. The number of likely N-dealkylation sites (tertiary alicyclic amines) is 1. The highest BCUT2D eigenvalue weighted by Gasteiger charge is 2.28. The molecule has 0 bridgehead atoms. The summed E-state index contributed by atoms with van der Waals surface area (Å²) in [6, 6.07) is 1.85. The summed E-state index contributed by atoms with van der Waals surface area (Å²) >= 11 is 0. The van der Waals surface area contributed by atoms with Crippen LogP contribution in [0.3, 0.4) is 0 Å². The quantitative estimate of drug-likeness (QED) is 0.347. The smallest absolute Gasteiger partial charge is 0.192 e. The van der Waals surface area contributed by atoms with Gasteiger partial charge in [-0.05, 0) is 52.0 Å². The maximum atomic E-state index is 4.92. The Kier molecular flexibility index (Phi) is 9.22. The van der Waals surface area contributed by atoms with E-state index in [-0.39, 0.29) is 24.0 Å². The standard InChI is InChI=1S/C22H39N7.HI/c1-17-26-27-21(28(17)2)15-23-22(24-18-9-6-7-10-18)25-19-11-8-14-29(16-19)20-12-4-3-5-13-20;/h18-20H,3-16H2,1-2H3,(H2,23,24,25);1H. The number of aromatic nitrogens is 3. The Labute approximate surface area is 198 Å². The number of aryl methyl sites for hydroxylation is 1. The first-order valence-corrected chi connectivity index (χ1v) is 11.9. The summed E-state index contributed by atoms with van der Waals surface area (Å²) in [5, 5.41) is 16.0. The lowest BCUT2D eigenvalue weighted by molar-refractivity contribution is 0.115. The lowest BCUT2D eigenvalue weighted by Crippen LogP contribution is -2.54. The number of rotatable bonds is 5. The lowest BCUT2D eigenvalue weighted by atomic mass is 9.92. The van der Waals surface area contributed by atoms with E-state index in [1.807, 2.05) is 18.5 Å². The number of piperidine rings is 1. The third kappa shape index (κ3) is 6.31. The zero-order chi connectivity index (χ0) is 20.1. The third-order valence-electron chi connectivity index (χ3n) is 7.14. The molecule has 1 aromatic rings. The summed E-state index contributed by atoms with van der Waals surface area (Å²) in [5.74, 6) is 2.82. The minimum atomic E-state index is 0. The molecular formula is C22H40IN7. The van der Waals surface area contributed by atoms with Crippen molar-refractivity contribution in [2.75, 3.05) is 13.1 Å². The molecule has 2 heterocycles. The van der Waals surface area contributed by atoms with Gasteiger partial charge in [-0.1, -0.05) is 32.1 Å². The number of halogens is 1. The molecule has 2 N–H and O–H groups in total. The maximum Gasteiger partial charge on any atom is 0.192 e. The number of nitrogens with zero attached hydrogens (tertiary/aromatic N) is 5. The summed E-state index contributed by atoms with van der Waals surface area (Å²) in [7, 11) is 2.01. The van der Waals surface area contributed by atoms with Crippen molar-refractivity contribution in [3.8, 4) is 0 Å². The molecule has 8 heteroatoms. The predicted molar refractivity (Wildman–Crippen MR) is 132 cm³/mol. The molecule has 0 spiro atoms. The molecule has 170 valence electrons. The van der Waals surface area contributed by atoms with Crippen molar-refractivity contribution in [1.82, 2.24) is 30.3 Å². The Balaban J connectivity index is 0.00000256. The van der Waals surface area contributed by atoms with E-state index in [1.165, 1.54) is 77.2 Å². The van der Waals surface area contributed by atoms with Crippen LogP contribution < -0.4 is 10.6 Å². The van der Waals surface area contributed by atoms with Crippen molar-refractivity contribution in [1.29, 1.82) is 0 Å². The van der Waals surface area contributed by atoms with Crippen molar-refractivity contribution >= 4 is 29.9 Å². The van der Waals surface area contributed by atoms with Crippen LogP contribution in [0.25, 0.3) is 0 Å². The second kappa shape index (κ2) is 11.6. The van der Waals surface area contributed by atoms with Crippen molar-refractivity contribution in [2.45, 2.75) is 102 Å². The lowest BCUT2D eigenvalue weighted by Gasteiger charge is -2.40. The average Bonchev–Trinajstić information content (AvgIpc) is 3.37. The van der Waals surface area contributed by atoms with Crippen LogP contribution in [0.1, 0.15) is 82.3 Å². The SMILES string of the molecule is Cc1nnc(CN=C(NC2CCCC2)NC2CCCN(C3CCCCC3)C2)n1C.I. The number of hydrogen-bond acceptors (Lipinski definition) is 4. The Morgan fingerprint density at radius 2 is 1.60 bits per heavy atom. The molecule has 0 aromatic carbocycles. The largest absolute Gasteiger partial charge is 0.354 e. The highest BCUT2D eigenvalue weighted by Crippen LogP contribution is 2.25. The van der Waals surface area contributed by atoms with Gasteiger partial charge in [0.2, 0.25) is 0 Å². The van der Waals surface area contributed by atoms with E-state index in [2.05, 4.69) is 25.7 Å². The molecule has 2 aliphatic carbocycles. The van der Waals surface area contributed by atoms with Crippen LogP contribution in [-0.4, -0.2) is 56.8 Å². The summed E-state index contributed by atoms with van der Waals surface area (Å²) in [6.07, 6.45) is 14.7. The van der Waals surface area contributed by atoms with E-state index < -0.39 is 0 Å². The molecule has 1 aromatic heterocycles. The summed E-state index contributed by atoms with van der Waals surface area (Å²) in [6.45, 7) is 4.97. The molecule has 1 aliphatic heterocycles. The van der Waals surface area contributed by atoms with Gasteiger partial charge < -0.3 is 15.2 Å². The molecule has 2 saturated carbocycles. The minimum Gasteiger partial charge on any atom is -0.354 e. The molecule has 30 heavy (non-hydrogen) atoms. The molecule has 1 unspecified atom stereocenters. The van der Waals surface area contributed by atoms with Gasteiger partial charge >= 0.3 is 0 Å². The van der Waals surface area contributed by atoms with Gasteiger partial charge in [0.05, 0.1) is 0 Å². The number of guanidine groups is 1. The van der Waals surface area contributed by atoms with Gasteiger partial charge in [0.1, 0.15) is 12.4 Å². The normalized spacial score (nSPS) is 24.6. The third-order valence-corrected chi connectivity index (χ3v) is 7.14. The molecule has 3 aliphatic rings. The van der Waals surface area contributed by atoms with Gasteiger partial charge in [-0.3, -0.25) is 4.90 Å². The van der Waals surface area contributed by atoms with E-state index in [0.29, 0.717) is 18.6 Å². The summed E-state index contributed by atoms with van der Waals surface area (Å²) in [4.78, 5) is 7.67. The Hall–Kier alpha value is -0.900. The van der Waals surface area contributed by atoms with Crippen LogP contribution in [0.2, 0.25) is 0 Å². The van der Waals surface area contributed by atoms with Crippen molar-refractivity contribution in [2.24, 2.45) is 12.0 Å². The number of hydrogen-bond donors (Lipinski definition) is 2. The summed E-state index contributed by atoms with van der Waals surface area (Å²) in [5.41, 5.74) is 0. The zero-order valence-corrected chi connectivity index (χ0v) is 21.1. The highest BCUT2D eigenvalue weighted by molar-refractivity contribution is 14.0. The maximum absolute atomic E-state index is 4.92. The number of nitrogens with one attached hydrogen (secondary N) is 2. The van der Waals surface area contributed by atoms with Crippen LogP contribution in [0.15, 0.2) is 4.99 Å². The topological polar surface area (TPSA) is 70.4 Å². The Morgan fingerprint density at radius 3 is 2.30 bits per heavy atom.